The number of rotatable bonds is 5. The van der Waals surface area contributed by atoms with E-state index in [2.05, 4.69) is 63.7 Å². The molecule has 0 spiro atoms. The Hall–Kier alpha value is -2.13. The molecule has 0 unspecified atom stereocenters. The van der Waals surface area contributed by atoms with Gasteiger partial charge in [-0.2, -0.15) is 0 Å². The zero-order valence-corrected chi connectivity index (χ0v) is 17.7. The SMILES string of the molecule is CC(C)n1cc(-c2cc(-c3c[n-]nn3)cc(-c3cn(C(C)C)nn3)c2)nn1.[Tm]. The molecular formula is C18H20N9Tm-. The van der Waals surface area contributed by atoms with Crippen LogP contribution in [0.4, 0.5) is 0 Å². The van der Waals surface area contributed by atoms with E-state index < -0.39 is 0 Å². The van der Waals surface area contributed by atoms with Crippen molar-refractivity contribution in [3.63, 3.8) is 0 Å². The zero-order chi connectivity index (χ0) is 19.0. The third kappa shape index (κ3) is 4.15. The average Bonchev–Trinajstić information content (AvgIpc) is 3.42. The van der Waals surface area contributed by atoms with Crippen molar-refractivity contribution in [2.24, 2.45) is 0 Å². The molecular weight excluding hydrogens is 511 g/mol. The Kier molecular flexibility index (Phi) is 6.24. The normalized spacial score (nSPS) is 11.2. The average molecular weight is 531 g/mol. The predicted octanol–water partition coefficient (Wildman–Crippen LogP) is 2.78. The molecule has 28 heavy (non-hydrogen) atoms. The van der Waals surface area contributed by atoms with Crippen LogP contribution >= 0.6 is 0 Å². The van der Waals surface area contributed by atoms with Crippen molar-refractivity contribution in [2.45, 2.75) is 39.8 Å². The van der Waals surface area contributed by atoms with Crippen molar-refractivity contribution in [1.29, 1.82) is 0 Å². The molecule has 0 fully saturated rings. The van der Waals surface area contributed by atoms with Gasteiger partial charge in [0.2, 0.25) is 0 Å². The van der Waals surface area contributed by atoms with Gasteiger partial charge in [-0.1, -0.05) is 16.6 Å². The maximum atomic E-state index is 4.32. The van der Waals surface area contributed by atoms with Crippen LogP contribution < -0.4 is 5.10 Å². The molecule has 1 aromatic carbocycles. The van der Waals surface area contributed by atoms with Crippen LogP contribution in [-0.4, -0.2) is 40.3 Å². The summed E-state index contributed by atoms with van der Waals surface area (Å²) in [4.78, 5) is 0. The first-order chi connectivity index (χ1) is 13.0. The molecule has 0 aliphatic rings. The van der Waals surface area contributed by atoms with Crippen molar-refractivity contribution in [2.75, 3.05) is 0 Å². The third-order valence-electron chi connectivity index (χ3n) is 4.28. The molecule has 151 valence electrons. The van der Waals surface area contributed by atoms with Gasteiger partial charge in [0, 0.05) is 60.1 Å². The third-order valence-corrected chi connectivity index (χ3v) is 4.28. The predicted molar refractivity (Wildman–Crippen MR) is 99.6 cm³/mol. The van der Waals surface area contributed by atoms with Crippen LogP contribution in [0.25, 0.3) is 33.8 Å². The van der Waals surface area contributed by atoms with Crippen LogP contribution in [0.3, 0.4) is 0 Å². The van der Waals surface area contributed by atoms with E-state index in [9.17, 15) is 0 Å². The van der Waals surface area contributed by atoms with Crippen molar-refractivity contribution in [1.82, 2.24) is 45.4 Å². The minimum absolute atomic E-state index is 0. The Morgan fingerprint density at radius 3 is 1.54 bits per heavy atom. The Morgan fingerprint density at radius 2 is 1.18 bits per heavy atom. The van der Waals surface area contributed by atoms with E-state index in [1.54, 1.807) is 6.20 Å². The summed E-state index contributed by atoms with van der Waals surface area (Å²) in [6.45, 7) is 8.26. The second kappa shape index (κ2) is 8.49. The van der Waals surface area contributed by atoms with Crippen LogP contribution in [0.2, 0.25) is 0 Å². The molecule has 3 heterocycles. The topological polar surface area (TPSA) is 101 Å². The first kappa shape index (κ1) is 20.6. The standard InChI is InChI=1S/C18H20N9.Tm/c1-11(2)26-9-17(21-24-26)14-5-13(16-8-19-23-20-16)6-15(7-14)18-10-27(12(3)4)25-22-18;/h5-12H,1-4H3;/q-1;. The molecule has 0 aliphatic carbocycles. The van der Waals surface area contributed by atoms with Gasteiger partial charge in [0.1, 0.15) is 11.4 Å². The molecule has 9 nitrogen and oxygen atoms in total. The summed E-state index contributed by atoms with van der Waals surface area (Å²) in [5, 5.41) is 28.7. The fourth-order valence-corrected chi connectivity index (χ4v) is 2.71. The van der Waals surface area contributed by atoms with Gasteiger partial charge in [0.15, 0.2) is 0 Å². The smallest absolute Gasteiger partial charge is 0.113 e. The molecule has 0 aliphatic heterocycles. The Morgan fingerprint density at radius 1 is 0.714 bits per heavy atom. The summed E-state index contributed by atoms with van der Waals surface area (Å²) >= 11 is 0. The van der Waals surface area contributed by atoms with Gasteiger partial charge in [0.25, 0.3) is 0 Å². The maximum absolute atomic E-state index is 4.32. The van der Waals surface area contributed by atoms with Crippen molar-refractivity contribution in [3.8, 4) is 33.8 Å². The van der Waals surface area contributed by atoms with E-state index in [-0.39, 0.29) is 49.0 Å². The number of aromatic nitrogens is 9. The molecule has 3 aromatic heterocycles. The number of benzene rings is 1. The van der Waals surface area contributed by atoms with Gasteiger partial charge in [-0.25, -0.2) is 9.36 Å². The molecule has 1 radical (unpaired) electrons. The van der Waals surface area contributed by atoms with E-state index in [0.29, 0.717) is 5.69 Å². The summed E-state index contributed by atoms with van der Waals surface area (Å²) in [5.41, 5.74) is 5.02. The quantitative estimate of drug-likeness (QED) is 0.391. The molecule has 0 bridgehead atoms. The number of hydrogen-bond donors (Lipinski definition) is 0. The van der Waals surface area contributed by atoms with Gasteiger partial charge < -0.3 is 10.2 Å². The van der Waals surface area contributed by atoms with Crippen molar-refractivity contribution >= 4 is 0 Å². The molecule has 0 saturated carbocycles. The zero-order valence-electron chi connectivity index (χ0n) is 15.9. The maximum Gasteiger partial charge on any atom is 0.113 e. The van der Waals surface area contributed by atoms with Crippen molar-refractivity contribution < 1.29 is 36.9 Å². The Bertz CT molecular complexity index is 982. The molecule has 4 aromatic rings. The van der Waals surface area contributed by atoms with E-state index in [1.807, 2.05) is 40.0 Å². The summed E-state index contributed by atoms with van der Waals surface area (Å²) < 4.78 is 3.67. The van der Waals surface area contributed by atoms with Crippen LogP contribution in [-0.2, 0) is 0 Å². The fraction of sp³-hybridized carbons (Fsp3) is 0.333. The van der Waals surface area contributed by atoms with Gasteiger partial charge >= 0.3 is 0 Å². The van der Waals surface area contributed by atoms with Crippen LogP contribution in [0.5, 0.6) is 0 Å². The Balaban J connectivity index is 0.00000225. The monoisotopic (exact) mass is 531 g/mol. The fourth-order valence-electron chi connectivity index (χ4n) is 2.71. The summed E-state index contributed by atoms with van der Waals surface area (Å²) in [6, 6.07) is 6.54. The molecule has 10 heteroatoms. The first-order valence-corrected chi connectivity index (χ1v) is 8.82. The van der Waals surface area contributed by atoms with E-state index >= 15 is 0 Å². The number of hydrogen-bond acceptors (Lipinski definition) is 6. The van der Waals surface area contributed by atoms with Gasteiger partial charge in [-0.15, -0.1) is 10.2 Å². The molecule has 0 N–H and O–H groups in total. The summed E-state index contributed by atoms with van der Waals surface area (Å²) in [7, 11) is 0. The summed E-state index contributed by atoms with van der Waals surface area (Å²) in [6.07, 6.45) is 5.51. The molecule has 4 rings (SSSR count). The van der Waals surface area contributed by atoms with Crippen molar-refractivity contribution in [3.05, 3.63) is 36.8 Å². The van der Waals surface area contributed by atoms with Crippen LogP contribution in [0, 0.1) is 36.9 Å². The minimum atomic E-state index is 0. The molecule has 0 amide bonds. The van der Waals surface area contributed by atoms with Crippen LogP contribution in [0.1, 0.15) is 39.8 Å². The molecule has 0 saturated heterocycles. The Labute approximate surface area is 191 Å². The first-order valence-electron chi connectivity index (χ1n) is 8.82. The van der Waals surface area contributed by atoms with Gasteiger partial charge in [0.05, 0.1) is 12.4 Å². The van der Waals surface area contributed by atoms with E-state index in [0.717, 1.165) is 28.1 Å². The molecule has 0 atom stereocenters. The van der Waals surface area contributed by atoms with Gasteiger partial charge in [-0.05, 0) is 57.2 Å². The second-order valence-electron chi connectivity index (χ2n) is 6.97. The van der Waals surface area contributed by atoms with E-state index in [4.69, 9.17) is 0 Å². The van der Waals surface area contributed by atoms with E-state index in [1.165, 1.54) is 0 Å². The largest absolute Gasteiger partial charge is 0.358 e. The summed E-state index contributed by atoms with van der Waals surface area (Å²) in [5.74, 6) is 0. The minimum Gasteiger partial charge on any atom is -0.358 e. The van der Waals surface area contributed by atoms with Crippen LogP contribution in [0.15, 0.2) is 36.8 Å². The number of nitrogens with zero attached hydrogens (tertiary/aromatic N) is 9. The second-order valence-corrected chi connectivity index (χ2v) is 6.97. The van der Waals surface area contributed by atoms with Gasteiger partial charge in [-0.3, -0.25) is 5.21 Å².